The van der Waals surface area contributed by atoms with Gasteiger partial charge in [0.05, 0.1) is 21.6 Å². The Labute approximate surface area is 194 Å². The normalized spacial score (nSPS) is 17.4. The molecule has 34 heavy (non-hydrogen) atoms. The maximum atomic E-state index is 13.0. The number of sulfonamides is 1. The second-order valence-electron chi connectivity index (χ2n) is 8.24. The molecule has 8 nitrogen and oxygen atoms in total. The average molecular weight is 497 g/mol. The number of nitrogens with two attached hydrogens (primary N) is 1. The number of alkyl halides is 3. The van der Waals surface area contributed by atoms with E-state index in [0.29, 0.717) is 44.8 Å². The Balaban J connectivity index is 1.30. The molecule has 2 N–H and O–H groups in total. The number of halogens is 3. The van der Waals surface area contributed by atoms with Crippen molar-refractivity contribution < 1.29 is 31.2 Å². The van der Waals surface area contributed by atoms with E-state index in [1.807, 2.05) is 4.90 Å². The van der Waals surface area contributed by atoms with Gasteiger partial charge in [-0.1, -0.05) is 6.07 Å². The molecule has 182 valence electrons. The van der Waals surface area contributed by atoms with Gasteiger partial charge in [0.2, 0.25) is 10.0 Å². The third-order valence-electron chi connectivity index (χ3n) is 6.04. The van der Waals surface area contributed by atoms with E-state index < -0.39 is 33.6 Å². The summed E-state index contributed by atoms with van der Waals surface area (Å²) in [6, 6.07) is 8.88. The number of carbonyl (C=O) groups is 2. The van der Waals surface area contributed by atoms with Crippen LogP contribution in [0.2, 0.25) is 0 Å². The number of piperazine rings is 1. The third-order valence-corrected chi connectivity index (χ3v) is 6.95. The molecule has 2 aliphatic heterocycles. The minimum absolute atomic E-state index is 0.0197. The topological polar surface area (TPSA) is 104 Å². The average Bonchev–Trinajstić information content (AvgIpc) is 3.03. The molecule has 0 spiro atoms. The highest BCUT2D eigenvalue weighted by Gasteiger charge is 2.36. The summed E-state index contributed by atoms with van der Waals surface area (Å²) in [6.07, 6.45) is -3.88. The highest BCUT2D eigenvalue weighted by atomic mass is 32.2. The fourth-order valence-electron chi connectivity index (χ4n) is 4.21. The van der Waals surface area contributed by atoms with Crippen LogP contribution in [0.1, 0.15) is 32.7 Å². The van der Waals surface area contributed by atoms with Crippen molar-refractivity contribution in [2.45, 2.75) is 17.5 Å². The fraction of sp³-hybridized carbons (Fsp3) is 0.364. The van der Waals surface area contributed by atoms with Crippen LogP contribution < -0.4 is 10.0 Å². The van der Waals surface area contributed by atoms with Crippen LogP contribution in [0, 0.1) is 0 Å². The van der Waals surface area contributed by atoms with Crippen LogP contribution in [0.3, 0.4) is 0 Å². The van der Waals surface area contributed by atoms with Gasteiger partial charge in [-0.15, -0.1) is 0 Å². The molecule has 2 aliphatic rings. The van der Waals surface area contributed by atoms with Crippen LogP contribution in [-0.2, 0) is 16.2 Å². The van der Waals surface area contributed by atoms with Crippen molar-refractivity contribution in [3.63, 3.8) is 0 Å². The number of hydrogen-bond acceptors (Lipinski definition) is 6. The molecule has 1 saturated heterocycles. The van der Waals surface area contributed by atoms with Gasteiger partial charge in [0, 0.05) is 38.4 Å². The van der Waals surface area contributed by atoms with E-state index in [2.05, 4.69) is 4.90 Å². The number of benzene rings is 2. The number of carbonyl (C=O) groups excluding carboxylic acids is 2. The number of imide groups is 1. The lowest BCUT2D eigenvalue weighted by atomic mass is 10.1. The van der Waals surface area contributed by atoms with E-state index >= 15 is 0 Å². The Morgan fingerprint density at radius 2 is 1.56 bits per heavy atom. The van der Waals surface area contributed by atoms with Crippen LogP contribution >= 0.6 is 0 Å². The predicted octanol–water partition coefficient (Wildman–Crippen LogP) is 2.16. The van der Waals surface area contributed by atoms with Gasteiger partial charge in [0.1, 0.15) is 0 Å². The highest BCUT2D eigenvalue weighted by molar-refractivity contribution is 7.89. The zero-order valence-electron chi connectivity index (χ0n) is 18.1. The van der Waals surface area contributed by atoms with E-state index in [1.54, 1.807) is 6.07 Å². The van der Waals surface area contributed by atoms with Crippen LogP contribution in [0.25, 0.3) is 0 Å². The molecule has 0 aromatic heterocycles. The van der Waals surface area contributed by atoms with Gasteiger partial charge >= 0.3 is 6.18 Å². The Bertz CT molecular complexity index is 1220. The Morgan fingerprint density at radius 3 is 2.21 bits per heavy atom. The van der Waals surface area contributed by atoms with Crippen molar-refractivity contribution in [3.8, 4) is 0 Å². The van der Waals surface area contributed by atoms with Gasteiger partial charge in [-0.3, -0.25) is 19.4 Å². The maximum absolute atomic E-state index is 13.0. The number of amides is 2. The van der Waals surface area contributed by atoms with Crippen molar-refractivity contribution in [2.75, 3.05) is 44.2 Å². The summed E-state index contributed by atoms with van der Waals surface area (Å²) in [5.41, 5.74) is 0.0160. The van der Waals surface area contributed by atoms with Gasteiger partial charge in [0.15, 0.2) is 0 Å². The summed E-state index contributed by atoms with van der Waals surface area (Å²) in [7, 11) is -4.00. The number of nitrogens with zero attached hydrogens (tertiary/aromatic N) is 3. The standard InChI is InChI=1S/C22H23F3N4O4S/c23-22(24,25)15-3-1-4-16(13-15)28-11-9-27(10-12-28)7-2-8-29-20(30)18-6-5-17(34(26,32)33)14-19(18)21(29)31/h1,3-6,13-14H,2,7-12H2,(H2,26,32,33). The Kier molecular flexibility index (Phi) is 6.40. The zero-order valence-corrected chi connectivity index (χ0v) is 18.9. The lowest BCUT2D eigenvalue weighted by Crippen LogP contribution is -2.47. The molecule has 0 saturated carbocycles. The van der Waals surface area contributed by atoms with Crippen LogP contribution in [-0.4, -0.2) is 69.3 Å². The van der Waals surface area contributed by atoms with Crippen LogP contribution in [0.5, 0.6) is 0 Å². The largest absolute Gasteiger partial charge is 0.416 e. The van der Waals surface area contributed by atoms with Gasteiger partial charge in [-0.05, 0) is 49.4 Å². The number of fused-ring (bicyclic) bond motifs is 1. The summed E-state index contributed by atoms with van der Waals surface area (Å²) < 4.78 is 62.0. The van der Waals surface area contributed by atoms with Gasteiger partial charge in [-0.25, -0.2) is 13.6 Å². The molecule has 2 amide bonds. The molecule has 1 fully saturated rings. The molecule has 12 heteroatoms. The first kappa shape index (κ1) is 24.2. The molecule has 2 aromatic carbocycles. The van der Waals surface area contributed by atoms with E-state index in [1.165, 1.54) is 18.2 Å². The number of primary sulfonamides is 1. The van der Waals surface area contributed by atoms with Crippen molar-refractivity contribution in [3.05, 3.63) is 59.2 Å². The van der Waals surface area contributed by atoms with Crippen molar-refractivity contribution >= 4 is 27.5 Å². The zero-order chi connectivity index (χ0) is 24.7. The first-order valence-electron chi connectivity index (χ1n) is 10.6. The van der Waals surface area contributed by atoms with Crippen molar-refractivity contribution in [1.29, 1.82) is 0 Å². The Hall–Kier alpha value is -2.96. The van der Waals surface area contributed by atoms with Crippen LogP contribution in [0.4, 0.5) is 18.9 Å². The SMILES string of the molecule is NS(=O)(=O)c1ccc2c(c1)C(=O)N(CCCN1CCN(c3cccc(C(F)(F)F)c3)CC1)C2=O. The number of rotatable bonds is 6. The first-order valence-corrected chi connectivity index (χ1v) is 12.2. The molecule has 0 aliphatic carbocycles. The molecule has 2 aromatic rings. The second-order valence-corrected chi connectivity index (χ2v) is 9.81. The molecule has 4 rings (SSSR count). The Morgan fingerprint density at radius 1 is 0.882 bits per heavy atom. The van der Waals surface area contributed by atoms with Gasteiger partial charge < -0.3 is 4.90 Å². The van der Waals surface area contributed by atoms with E-state index in [9.17, 15) is 31.2 Å². The lowest BCUT2D eigenvalue weighted by molar-refractivity contribution is -0.137. The second kappa shape index (κ2) is 9.01. The maximum Gasteiger partial charge on any atom is 0.416 e. The molecule has 0 bridgehead atoms. The van der Waals surface area contributed by atoms with E-state index in [0.717, 1.165) is 23.1 Å². The first-order chi connectivity index (χ1) is 15.9. The number of hydrogen-bond donors (Lipinski definition) is 1. The summed E-state index contributed by atoms with van der Waals surface area (Å²) in [6.45, 7) is 3.17. The number of anilines is 1. The molecule has 0 atom stereocenters. The molecule has 0 unspecified atom stereocenters. The summed E-state index contributed by atoms with van der Waals surface area (Å²) in [4.78, 5) is 30.1. The van der Waals surface area contributed by atoms with Gasteiger partial charge in [-0.2, -0.15) is 13.2 Å². The molecule has 2 heterocycles. The monoisotopic (exact) mass is 496 g/mol. The van der Waals surface area contributed by atoms with Gasteiger partial charge in [0.25, 0.3) is 11.8 Å². The summed E-state index contributed by atoms with van der Waals surface area (Å²) in [5, 5.41) is 5.11. The summed E-state index contributed by atoms with van der Waals surface area (Å²) >= 11 is 0. The third kappa shape index (κ3) is 4.93. The highest BCUT2D eigenvalue weighted by Crippen LogP contribution is 2.32. The quantitative estimate of drug-likeness (QED) is 0.615. The molecular weight excluding hydrogens is 473 g/mol. The van der Waals surface area contributed by atoms with E-state index in [-0.39, 0.29) is 22.6 Å². The van der Waals surface area contributed by atoms with Crippen molar-refractivity contribution in [1.82, 2.24) is 9.80 Å². The lowest BCUT2D eigenvalue weighted by Gasteiger charge is -2.36. The van der Waals surface area contributed by atoms with Crippen molar-refractivity contribution in [2.24, 2.45) is 5.14 Å². The minimum atomic E-state index is -4.39. The van der Waals surface area contributed by atoms with Crippen LogP contribution in [0.15, 0.2) is 47.4 Å². The summed E-state index contributed by atoms with van der Waals surface area (Å²) in [5.74, 6) is -1.03. The minimum Gasteiger partial charge on any atom is -0.369 e. The predicted molar refractivity (Wildman–Crippen MR) is 118 cm³/mol. The molecule has 0 radical (unpaired) electrons. The smallest absolute Gasteiger partial charge is 0.369 e. The van der Waals surface area contributed by atoms with E-state index in [4.69, 9.17) is 5.14 Å². The fourth-order valence-corrected chi connectivity index (χ4v) is 4.75. The molecular formula is C22H23F3N4O4S.